The second-order valence-electron chi connectivity index (χ2n) is 5.81. The zero-order valence-electron chi connectivity index (χ0n) is 13.3. The van der Waals surface area contributed by atoms with Crippen LogP contribution in [0.5, 0.6) is 0 Å². The van der Waals surface area contributed by atoms with Gasteiger partial charge in [-0.2, -0.15) is 4.98 Å². The minimum atomic E-state index is -0.490. The smallest absolute Gasteiger partial charge is 0.283 e. The number of nitrogens with zero attached hydrogens (tertiary/aromatic N) is 4. The molecule has 0 saturated heterocycles. The minimum absolute atomic E-state index is 0.340. The van der Waals surface area contributed by atoms with E-state index in [-0.39, 0.29) is 0 Å². The molecule has 0 aliphatic rings. The molecular formula is C16H14ClN5O2. The molecule has 0 radical (unpaired) electrons. The molecule has 4 rings (SSSR count). The molecule has 0 unspecified atom stereocenters. The van der Waals surface area contributed by atoms with Gasteiger partial charge in [-0.05, 0) is 31.5 Å². The summed E-state index contributed by atoms with van der Waals surface area (Å²) < 4.78 is 4.95. The standard InChI is InChI=1S/C16H14ClN5O2/c1-8-4-5-10(17)6-11(8)22-9(2)7-21-12-13(18-15(21)22)20(3)16(24)19-14(12)23/h4-7H,1-3H3,(H,19,23,24). The Morgan fingerprint density at radius 3 is 2.71 bits per heavy atom. The number of benzene rings is 1. The summed E-state index contributed by atoms with van der Waals surface area (Å²) in [7, 11) is 1.58. The van der Waals surface area contributed by atoms with Gasteiger partial charge in [0.2, 0.25) is 5.78 Å². The molecule has 3 heterocycles. The first-order valence-electron chi connectivity index (χ1n) is 7.34. The third kappa shape index (κ3) is 1.88. The van der Waals surface area contributed by atoms with Gasteiger partial charge in [-0.1, -0.05) is 17.7 Å². The molecule has 0 fully saturated rings. The second-order valence-corrected chi connectivity index (χ2v) is 6.25. The van der Waals surface area contributed by atoms with Crippen LogP contribution in [0.1, 0.15) is 11.3 Å². The zero-order valence-corrected chi connectivity index (χ0v) is 14.0. The van der Waals surface area contributed by atoms with E-state index in [4.69, 9.17) is 11.6 Å². The Labute approximate surface area is 140 Å². The summed E-state index contributed by atoms with van der Waals surface area (Å²) in [6.45, 7) is 3.91. The van der Waals surface area contributed by atoms with Crippen molar-refractivity contribution in [3.8, 4) is 5.69 Å². The number of aryl methyl sites for hydroxylation is 3. The van der Waals surface area contributed by atoms with Crippen LogP contribution >= 0.6 is 11.6 Å². The summed E-state index contributed by atoms with van der Waals surface area (Å²) in [6, 6.07) is 5.61. The van der Waals surface area contributed by atoms with Crippen LogP contribution in [0.25, 0.3) is 22.6 Å². The highest BCUT2D eigenvalue weighted by Crippen LogP contribution is 2.25. The molecule has 3 aromatic heterocycles. The van der Waals surface area contributed by atoms with Crippen LogP contribution in [0, 0.1) is 13.8 Å². The van der Waals surface area contributed by atoms with Gasteiger partial charge in [-0.25, -0.2) is 4.79 Å². The highest BCUT2D eigenvalue weighted by atomic mass is 35.5. The molecule has 0 bridgehead atoms. The fourth-order valence-electron chi connectivity index (χ4n) is 2.99. The Morgan fingerprint density at radius 2 is 1.96 bits per heavy atom. The molecule has 0 aliphatic carbocycles. The van der Waals surface area contributed by atoms with E-state index in [1.165, 1.54) is 4.57 Å². The van der Waals surface area contributed by atoms with Crippen molar-refractivity contribution >= 4 is 28.5 Å². The first-order chi connectivity index (χ1) is 11.4. The third-order valence-electron chi connectivity index (χ3n) is 4.21. The molecule has 0 amide bonds. The van der Waals surface area contributed by atoms with Crippen LogP contribution in [-0.4, -0.2) is 23.5 Å². The molecule has 0 atom stereocenters. The van der Waals surface area contributed by atoms with Crippen molar-refractivity contribution in [2.75, 3.05) is 0 Å². The molecule has 0 saturated carbocycles. The van der Waals surface area contributed by atoms with Gasteiger partial charge in [0, 0.05) is 24.0 Å². The van der Waals surface area contributed by atoms with E-state index in [1.54, 1.807) is 11.4 Å². The van der Waals surface area contributed by atoms with Crippen LogP contribution < -0.4 is 11.2 Å². The molecule has 1 aromatic carbocycles. The second kappa shape index (κ2) is 4.85. The Balaban J connectivity index is 2.21. The van der Waals surface area contributed by atoms with E-state index >= 15 is 0 Å². The van der Waals surface area contributed by atoms with Crippen molar-refractivity contribution in [2.45, 2.75) is 13.8 Å². The molecule has 7 nitrogen and oxygen atoms in total. The fourth-order valence-corrected chi connectivity index (χ4v) is 3.16. The number of rotatable bonds is 1. The van der Waals surface area contributed by atoms with E-state index in [0.29, 0.717) is 22.0 Å². The average Bonchev–Trinajstić information content (AvgIpc) is 3.02. The monoisotopic (exact) mass is 343 g/mol. The normalized spacial score (nSPS) is 11.7. The predicted molar refractivity (Wildman–Crippen MR) is 92.4 cm³/mol. The number of imidazole rings is 2. The van der Waals surface area contributed by atoms with Crippen molar-refractivity contribution in [3.05, 3.63) is 61.5 Å². The molecule has 4 aromatic rings. The quantitative estimate of drug-likeness (QED) is 0.573. The van der Waals surface area contributed by atoms with Crippen molar-refractivity contribution in [2.24, 2.45) is 7.05 Å². The predicted octanol–water partition coefficient (Wildman–Crippen LogP) is 1.94. The first-order valence-corrected chi connectivity index (χ1v) is 7.72. The molecule has 0 spiro atoms. The maximum absolute atomic E-state index is 12.2. The lowest BCUT2D eigenvalue weighted by molar-refractivity contribution is 0.831. The average molecular weight is 344 g/mol. The van der Waals surface area contributed by atoms with Gasteiger partial charge in [-0.15, -0.1) is 0 Å². The number of nitrogens with one attached hydrogen (secondary N) is 1. The summed E-state index contributed by atoms with van der Waals surface area (Å²) in [5, 5.41) is 0.614. The van der Waals surface area contributed by atoms with Gasteiger partial charge in [-0.3, -0.25) is 23.3 Å². The maximum Gasteiger partial charge on any atom is 0.329 e. The lowest BCUT2D eigenvalue weighted by Gasteiger charge is -2.09. The number of fused-ring (bicyclic) bond motifs is 3. The SMILES string of the molecule is Cc1ccc(Cl)cc1-n1c(C)cn2c3c(=O)[nH]c(=O)n(C)c3nc12. The largest absolute Gasteiger partial charge is 0.329 e. The number of halogens is 1. The van der Waals surface area contributed by atoms with Gasteiger partial charge < -0.3 is 0 Å². The molecule has 1 N–H and O–H groups in total. The van der Waals surface area contributed by atoms with Crippen LogP contribution in [-0.2, 0) is 7.05 Å². The Bertz CT molecular complexity index is 1240. The van der Waals surface area contributed by atoms with Crippen LogP contribution in [0.2, 0.25) is 5.02 Å². The summed E-state index contributed by atoms with van der Waals surface area (Å²) in [6.07, 6.45) is 1.82. The fraction of sp³-hybridized carbons (Fsp3) is 0.188. The highest BCUT2D eigenvalue weighted by molar-refractivity contribution is 6.30. The third-order valence-corrected chi connectivity index (χ3v) is 4.45. The van der Waals surface area contributed by atoms with Crippen LogP contribution in [0.15, 0.2) is 34.0 Å². The van der Waals surface area contributed by atoms with Crippen LogP contribution in [0.3, 0.4) is 0 Å². The molecule has 8 heteroatoms. The van der Waals surface area contributed by atoms with Gasteiger partial charge in [0.15, 0.2) is 11.2 Å². The van der Waals surface area contributed by atoms with E-state index in [9.17, 15) is 9.59 Å². The summed E-state index contributed by atoms with van der Waals surface area (Å²) in [4.78, 5) is 30.9. The number of hydrogen-bond donors (Lipinski definition) is 1. The van der Waals surface area contributed by atoms with Gasteiger partial charge in [0.1, 0.15) is 0 Å². The number of aromatic nitrogens is 5. The van der Waals surface area contributed by atoms with E-state index in [0.717, 1.165) is 16.9 Å². The van der Waals surface area contributed by atoms with Crippen molar-refractivity contribution < 1.29 is 0 Å². The van der Waals surface area contributed by atoms with Gasteiger partial charge in [0.25, 0.3) is 5.56 Å². The molecule has 0 aliphatic heterocycles. The summed E-state index contributed by atoms with van der Waals surface area (Å²) >= 11 is 6.15. The first kappa shape index (κ1) is 14.8. The van der Waals surface area contributed by atoms with Crippen molar-refractivity contribution in [1.82, 2.24) is 23.5 Å². The summed E-state index contributed by atoms with van der Waals surface area (Å²) in [5.41, 5.74) is 2.54. The van der Waals surface area contributed by atoms with Gasteiger partial charge >= 0.3 is 5.69 Å². The maximum atomic E-state index is 12.2. The van der Waals surface area contributed by atoms with Gasteiger partial charge in [0.05, 0.1) is 5.69 Å². The zero-order chi connectivity index (χ0) is 17.2. The topological polar surface area (TPSA) is 77.1 Å². The van der Waals surface area contributed by atoms with E-state index < -0.39 is 11.2 Å². The van der Waals surface area contributed by atoms with Crippen LogP contribution in [0.4, 0.5) is 0 Å². The lowest BCUT2D eigenvalue weighted by Crippen LogP contribution is -2.28. The van der Waals surface area contributed by atoms with Crippen molar-refractivity contribution in [3.63, 3.8) is 0 Å². The Kier molecular flexibility index (Phi) is 2.98. The Hall–Kier alpha value is -2.80. The van der Waals surface area contributed by atoms with Crippen molar-refractivity contribution in [1.29, 1.82) is 0 Å². The van der Waals surface area contributed by atoms with E-state index in [1.807, 2.05) is 42.8 Å². The number of H-pyrrole nitrogens is 1. The summed E-state index contributed by atoms with van der Waals surface area (Å²) in [5.74, 6) is 0.555. The molecular weight excluding hydrogens is 330 g/mol. The molecule has 24 heavy (non-hydrogen) atoms. The number of hydrogen-bond acceptors (Lipinski definition) is 3. The Morgan fingerprint density at radius 1 is 1.21 bits per heavy atom. The lowest BCUT2D eigenvalue weighted by atomic mass is 10.2. The highest BCUT2D eigenvalue weighted by Gasteiger charge is 2.19. The molecule has 122 valence electrons. The number of aromatic amines is 1. The minimum Gasteiger partial charge on any atom is -0.283 e. The van der Waals surface area contributed by atoms with E-state index in [2.05, 4.69) is 9.97 Å².